The highest BCUT2D eigenvalue weighted by Gasteiger charge is 2.13. The second-order valence-corrected chi connectivity index (χ2v) is 4.29. The smallest absolute Gasteiger partial charge is 0.273 e. The molecule has 1 unspecified atom stereocenters. The van der Waals surface area contributed by atoms with Crippen LogP contribution in [0.25, 0.3) is 0 Å². The largest absolute Gasteiger partial charge is 0.496 e. The van der Waals surface area contributed by atoms with Gasteiger partial charge < -0.3 is 15.4 Å². The minimum Gasteiger partial charge on any atom is -0.496 e. The van der Waals surface area contributed by atoms with Gasteiger partial charge in [-0.15, -0.1) is 0 Å². The lowest BCUT2D eigenvalue weighted by Gasteiger charge is -2.13. The van der Waals surface area contributed by atoms with Crippen molar-refractivity contribution in [1.29, 1.82) is 0 Å². The first kappa shape index (κ1) is 15.9. The van der Waals surface area contributed by atoms with Crippen molar-refractivity contribution in [3.63, 3.8) is 0 Å². The summed E-state index contributed by atoms with van der Waals surface area (Å²) in [6, 6.07) is 4.14. The molecule has 0 spiro atoms. The monoisotopic (exact) mass is 281 g/mol. The molecule has 1 aromatic rings. The van der Waals surface area contributed by atoms with Crippen molar-refractivity contribution in [1.82, 2.24) is 10.6 Å². The third-order valence-electron chi connectivity index (χ3n) is 2.75. The highest BCUT2D eigenvalue weighted by Crippen LogP contribution is 2.22. The molecule has 0 radical (unpaired) electrons. The minimum atomic E-state index is -0.473. The van der Waals surface area contributed by atoms with E-state index in [1.807, 2.05) is 6.92 Å². The summed E-state index contributed by atoms with van der Waals surface area (Å²) < 4.78 is 5.03. The number of nitro groups is 1. The van der Waals surface area contributed by atoms with Gasteiger partial charge in [0.2, 0.25) is 5.91 Å². The molecular formula is C13H19N3O4. The molecule has 20 heavy (non-hydrogen) atoms. The van der Waals surface area contributed by atoms with E-state index >= 15 is 0 Å². The SMILES string of the molecule is CCNC(=O)C(C)NCc1cc(OC)cc([N+](=O)[O-])c1. The Kier molecular flexibility index (Phi) is 5.92. The topological polar surface area (TPSA) is 93.5 Å². The number of benzene rings is 1. The molecule has 0 aliphatic carbocycles. The molecule has 1 aromatic carbocycles. The van der Waals surface area contributed by atoms with Crippen LogP contribution in [0.15, 0.2) is 18.2 Å². The maximum atomic E-state index is 11.6. The van der Waals surface area contributed by atoms with Gasteiger partial charge in [0.05, 0.1) is 24.1 Å². The van der Waals surface area contributed by atoms with E-state index in [1.165, 1.54) is 19.2 Å². The molecule has 0 aromatic heterocycles. The maximum absolute atomic E-state index is 11.6. The summed E-state index contributed by atoms with van der Waals surface area (Å²) in [6.45, 7) is 4.49. The van der Waals surface area contributed by atoms with E-state index in [0.717, 1.165) is 0 Å². The molecule has 2 N–H and O–H groups in total. The number of carbonyl (C=O) groups excluding carboxylic acids is 1. The molecule has 110 valence electrons. The summed E-state index contributed by atoms with van der Waals surface area (Å²) >= 11 is 0. The van der Waals surface area contributed by atoms with Crippen LogP contribution in [0.5, 0.6) is 5.75 Å². The lowest BCUT2D eigenvalue weighted by atomic mass is 10.1. The zero-order valence-electron chi connectivity index (χ0n) is 11.8. The van der Waals surface area contributed by atoms with Crippen LogP contribution in [-0.4, -0.2) is 30.5 Å². The van der Waals surface area contributed by atoms with Crippen molar-refractivity contribution in [3.05, 3.63) is 33.9 Å². The second-order valence-electron chi connectivity index (χ2n) is 4.29. The van der Waals surface area contributed by atoms with Crippen molar-refractivity contribution >= 4 is 11.6 Å². The molecule has 0 saturated carbocycles. The van der Waals surface area contributed by atoms with Gasteiger partial charge in [0, 0.05) is 19.2 Å². The molecule has 1 atom stereocenters. The van der Waals surface area contributed by atoms with Gasteiger partial charge in [-0.25, -0.2) is 0 Å². The number of amides is 1. The van der Waals surface area contributed by atoms with Crippen LogP contribution in [0.2, 0.25) is 0 Å². The third kappa shape index (κ3) is 4.51. The molecule has 0 bridgehead atoms. The molecule has 1 rings (SSSR count). The van der Waals surface area contributed by atoms with E-state index in [4.69, 9.17) is 4.74 Å². The molecule has 0 saturated heterocycles. The molecule has 7 heteroatoms. The Bertz CT molecular complexity index is 491. The summed E-state index contributed by atoms with van der Waals surface area (Å²) in [4.78, 5) is 21.9. The molecular weight excluding hydrogens is 262 g/mol. The number of nitro benzene ring substituents is 1. The van der Waals surface area contributed by atoms with E-state index in [9.17, 15) is 14.9 Å². The number of ether oxygens (including phenoxy) is 1. The average molecular weight is 281 g/mol. The standard InChI is InChI=1S/C13H19N3O4/c1-4-14-13(17)9(2)15-8-10-5-11(16(18)19)7-12(6-10)20-3/h5-7,9,15H,4,8H2,1-3H3,(H,14,17). The Morgan fingerprint density at radius 3 is 2.70 bits per heavy atom. The van der Waals surface area contributed by atoms with Gasteiger partial charge in [0.15, 0.2) is 0 Å². The van der Waals surface area contributed by atoms with Crippen LogP contribution in [0.3, 0.4) is 0 Å². The van der Waals surface area contributed by atoms with E-state index < -0.39 is 4.92 Å². The predicted octanol–water partition coefficient (Wildman–Crippen LogP) is 1.22. The lowest BCUT2D eigenvalue weighted by molar-refractivity contribution is -0.385. The van der Waals surface area contributed by atoms with Crippen LogP contribution in [0.1, 0.15) is 19.4 Å². The van der Waals surface area contributed by atoms with Crippen molar-refractivity contribution in [2.24, 2.45) is 0 Å². The third-order valence-corrected chi connectivity index (χ3v) is 2.75. The Morgan fingerprint density at radius 1 is 1.45 bits per heavy atom. The molecule has 0 fully saturated rings. The van der Waals surface area contributed by atoms with Crippen LogP contribution in [0.4, 0.5) is 5.69 Å². The van der Waals surface area contributed by atoms with Gasteiger partial charge in [0.1, 0.15) is 5.75 Å². The fraction of sp³-hybridized carbons (Fsp3) is 0.462. The van der Waals surface area contributed by atoms with Crippen LogP contribution < -0.4 is 15.4 Å². The molecule has 7 nitrogen and oxygen atoms in total. The van der Waals surface area contributed by atoms with Crippen molar-refractivity contribution < 1.29 is 14.5 Å². The first-order valence-corrected chi connectivity index (χ1v) is 6.31. The average Bonchev–Trinajstić information content (AvgIpc) is 2.44. The van der Waals surface area contributed by atoms with E-state index in [0.29, 0.717) is 24.4 Å². The van der Waals surface area contributed by atoms with Gasteiger partial charge in [-0.3, -0.25) is 14.9 Å². The maximum Gasteiger partial charge on any atom is 0.273 e. The number of methoxy groups -OCH3 is 1. The summed E-state index contributed by atoms with van der Waals surface area (Å²) in [5.41, 5.74) is 0.652. The quantitative estimate of drug-likeness (QED) is 0.579. The van der Waals surface area contributed by atoms with Gasteiger partial charge in [-0.05, 0) is 25.5 Å². The second kappa shape index (κ2) is 7.44. The number of nitrogens with zero attached hydrogens (tertiary/aromatic N) is 1. The number of hydrogen-bond donors (Lipinski definition) is 2. The first-order chi connectivity index (χ1) is 9.47. The normalized spacial score (nSPS) is 11.8. The van der Waals surface area contributed by atoms with E-state index in [2.05, 4.69) is 10.6 Å². The number of carbonyl (C=O) groups is 1. The van der Waals surface area contributed by atoms with Crippen LogP contribution in [0, 0.1) is 10.1 Å². The summed E-state index contributed by atoms with van der Waals surface area (Å²) in [6.07, 6.45) is 0. The molecule has 0 heterocycles. The summed E-state index contributed by atoms with van der Waals surface area (Å²) in [5.74, 6) is 0.312. The fourth-order valence-electron chi connectivity index (χ4n) is 1.66. The van der Waals surface area contributed by atoms with Gasteiger partial charge in [0.25, 0.3) is 5.69 Å². The van der Waals surface area contributed by atoms with Crippen molar-refractivity contribution in [2.45, 2.75) is 26.4 Å². The minimum absolute atomic E-state index is 0.0354. The van der Waals surface area contributed by atoms with Gasteiger partial charge in [-0.1, -0.05) is 0 Å². The Morgan fingerprint density at radius 2 is 2.15 bits per heavy atom. The molecule has 0 aliphatic rings. The number of likely N-dealkylation sites (N-methyl/N-ethyl adjacent to an activating group) is 1. The Hall–Kier alpha value is -2.15. The first-order valence-electron chi connectivity index (χ1n) is 6.31. The molecule has 1 amide bonds. The number of nitrogens with one attached hydrogen (secondary N) is 2. The van der Waals surface area contributed by atoms with Gasteiger partial charge >= 0.3 is 0 Å². The van der Waals surface area contributed by atoms with Crippen LogP contribution >= 0.6 is 0 Å². The highest BCUT2D eigenvalue weighted by atomic mass is 16.6. The van der Waals surface area contributed by atoms with Gasteiger partial charge in [-0.2, -0.15) is 0 Å². The summed E-state index contributed by atoms with van der Waals surface area (Å²) in [5, 5.41) is 16.5. The highest BCUT2D eigenvalue weighted by molar-refractivity contribution is 5.81. The number of hydrogen-bond acceptors (Lipinski definition) is 5. The Labute approximate surface area is 117 Å². The number of rotatable bonds is 7. The zero-order valence-corrected chi connectivity index (χ0v) is 11.8. The van der Waals surface area contributed by atoms with Crippen molar-refractivity contribution in [2.75, 3.05) is 13.7 Å². The van der Waals surface area contributed by atoms with Crippen molar-refractivity contribution in [3.8, 4) is 5.75 Å². The lowest BCUT2D eigenvalue weighted by Crippen LogP contribution is -2.41. The van der Waals surface area contributed by atoms with E-state index in [1.54, 1.807) is 13.0 Å². The molecule has 0 aliphatic heterocycles. The number of non-ortho nitro benzene ring substituents is 1. The predicted molar refractivity (Wildman–Crippen MR) is 74.6 cm³/mol. The Balaban J connectivity index is 2.74. The zero-order chi connectivity index (χ0) is 15.1. The fourth-order valence-corrected chi connectivity index (χ4v) is 1.66. The van der Waals surface area contributed by atoms with Crippen LogP contribution in [-0.2, 0) is 11.3 Å². The summed E-state index contributed by atoms with van der Waals surface area (Å²) in [7, 11) is 1.45. The van der Waals surface area contributed by atoms with E-state index in [-0.39, 0.29) is 17.6 Å².